The molecule has 0 saturated carbocycles. The smallest absolute Gasteiger partial charge is 0.138 e. The summed E-state index contributed by atoms with van der Waals surface area (Å²) in [6, 6.07) is 0. The lowest BCUT2D eigenvalue weighted by molar-refractivity contribution is 0.693. The monoisotopic (exact) mass is 278 g/mol. The van der Waals surface area contributed by atoms with Gasteiger partial charge in [0.15, 0.2) is 0 Å². The lowest BCUT2D eigenvalue weighted by atomic mass is 10.2. The molecule has 0 spiro atoms. The maximum absolute atomic E-state index is 4.42. The third-order valence-electron chi connectivity index (χ3n) is 2.60. The summed E-state index contributed by atoms with van der Waals surface area (Å²) in [6.07, 6.45) is 5.64. The SMILES string of the molecule is C=CCn1cc(CNCCSc2cn[nH]n2)c(C)n1. The molecule has 2 N–H and O–H groups in total. The molecule has 6 nitrogen and oxygen atoms in total. The van der Waals surface area contributed by atoms with Crippen molar-refractivity contribution in [2.75, 3.05) is 12.3 Å². The topological polar surface area (TPSA) is 71.4 Å². The number of allylic oxidation sites excluding steroid dienone is 1. The predicted octanol–water partition coefficient (Wildman–Crippen LogP) is 1.38. The van der Waals surface area contributed by atoms with Crippen LogP contribution in [-0.4, -0.2) is 37.5 Å². The third-order valence-corrected chi connectivity index (χ3v) is 3.50. The zero-order valence-electron chi connectivity index (χ0n) is 11.0. The minimum Gasteiger partial charge on any atom is -0.312 e. The molecule has 0 aliphatic heterocycles. The number of H-pyrrole nitrogens is 1. The van der Waals surface area contributed by atoms with Crippen molar-refractivity contribution >= 4 is 11.8 Å². The van der Waals surface area contributed by atoms with Gasteiger partial charge in [0, 0.05) is 30.6 Å². The number of rotatable bonds is 8. The van der Waals surface area contributed by atoms with Crippen molar-refractivity contribution in [2.24, 2.45) is 0 Å². The van der Waals surface area contributed by atoms with Crippen LogP contribution in [0.15, 0.2) is 30.1 Å². The van der Waals surface area contributed by atoms with Gasteiger partial charge in [0.25, 0.3) is 0 Å². The molecule has 2 rings (SSSR count). The van der Waals surface area contributed by atoms with Gasteiger partial charge in [-0.2, -0.15) is 15.4 Å². The summed E-state index contributed by atoms with van der Waals surface area (Å²) in [5.41, 5.74) is 2.30. The van der Waals surface area contributed by atoms with Crippen LogP contribution in [-0.2, 0) is 13.1 Å². The quantitative estimate of drug-likeness (QED) is 0.433. The van der Waals surface area contributed by atoms with Gasteiger partial charge >= 0.3 is 0 Å². The molecule has 0 atom stereocenters. The first-order valence-electron chi connectivity index (χ1n) is 6.12. The first kappa shape index (κ1) is 13.8. The van der Waals surface area contributed by atoms with Crippen LogP contribution in [0.1, 0.15) is 11.3 Å². The highest BCUT2D eigenvalue weighted by atomic mass is 32.2. The standard InChI is InChI=1S/C12H18N6S/c1-3-5-18-9-11(10(2)16-18)7-13-4-6-19-12-8-14-17-15-12/h3,8-9,13H,1,4-7H2,2H3,(H,14,15,17). The van der Waals surface area contributed by atoms with Gasteiger partial charge in [0.05, 0.1) is 18.4 Å². The summed E-state index contributed by atoms with van der Waals surface area (Å²) >= 11 is 1.68. The third kappa shape index (κ3) is 4.22. The van der Waals surface area contributed by atoms with Crippen molar-refractivity contribution in [3.05, 3.63) is 36.3 Å². The zero-order chi connectivity index (χ0) is 13.5. The number of aromatic amines is 1. The van der Waals surface area contributed by atoms with E-state index in [1.165, 1.54) is 5.56 Å². The maximum Gasteiger partial charge on any atom is 0.138 e. The molecule has 0 fully saturated rings. The van der Waals surface area contributed by atoms with Gasteiger partial charge in [0.1, 0.15) is 5.03 Å². The summed E-state index contributed by atoms with van der Waals surface area (Å²) in [7, 11) is 0. The second-order valence-corrected chi connectivity index (χ2v) is 5.20. The highest BCUT2D eigenvalue weighted by molar-refractivity contribution is 7.99. The van der Waals surface area contributed by atoms with Gasteiger partial charge in [-0.25, -0.2) is 0 Å². The molecule has 19 heavy (non-hydrogen) atoms. The number of thioether (sulfide) groups is 1. The molecule has 102 valence electrons. The van der Waals surface area contributed by atoms with Crippen molar-refractivity contribution in [1.82, 2.24) is 30.5 Å². The molecule has 2 aromatic heterocycles. The van der Waals surface area contributed by atoms with Gasteiger partial charge < -0.3 is 5.32 Å². The Morgan fingerprint density at radius 1 is 1.58 bits per heavy atom. The normalized spacial score (nSPS) is 10.8. The van der Waals surface area contributed by atoms with Gasteiger partial charge in [-0.1, -0.05) is 6.08 Å². The molecular weight excluding hydrogens is 260 g/mol. The van der Waals surface area contributed by atoms with E-state index in [-0.39, 0.29) is 0 Å². The number of hydrogen-bond donors (Lipinski definition) is 2. The first-order valence-corrected chi connectivity index (χ1v) is 7.11. The van der Waals surface area contributed by atoms with Crippen LogP contribution in [0, 0.1) is 6.92 Å². The lowest BCUT2D eigenvalue weighted by Gasteiger charge is -2.02. The molecule has 0 radical (unpaired) electrons. The molecular formula is C12H18N6S. The minimum atomic E-state index is 0.753. The number of aromatic nitrogens is 5. The summed E-state index contributed by atoms with van der Waals surface area (Å²) in [5.74, 6) is 0.965. The fourth-order valence-corrected chi connectivity index (χ4v) is 2.36. The Labute approximate surface area is 116 Å². The van der Waals surface area contributed by atoms with Gasteiger partial charge in [0.2, 0.25) is 0 Å². The minimum absolute atomic E-state index is 0.753. The average molecular weight is 278 g/mol. The Balaban J connectivity index is 1.69. The Kier molecular flexibility index (Phi) is 5.17. The molecule has 2 heterocycles. The van der Waals surface area contributed by atoms with E-state index in [1.807, 2.05) is 17.7 Å². The Morgan fingerprint density at radius 3 is 3.21 bits per heavy atom. The van der Waals surface area contributed by atoms with Crippen LogP contribution in [0.2, 0.25) is 0 Å². The Morgan fingerprint density at radius 2 is 2.47 bits per heavy atom. The number of hydrogen-bond acceptors (Lipinski definition) is 5. The van der Waals surface area contributed by atoms with Crippen LogP contribution >= 0.6 is 11.8 Å². The molecule has 0 amide bonds. The summed E-state index contributed by atoms with van der Waals surface area (Å²) in [4.78, 5) is 0. The molecule has 7 heteroatoms. The van der Waals surface area contributed by atoms with E-state index in [9.17, 15) is 0 Å². The summed E-state index contributed by atoms with van der Waals surface area (Å²) in [5, 5.41) is 19.1. The van der Waals surface area contributed by atoms with Gasteiger partial charge in [-0.3, -0.25) is 4.68 Å². The summed E-state index contributed by atoms with van der Waals surface area (Å²) in [6.45, 7) is 8.25. The van der Waals surface area contributed by atoms with E-state index >= 15 is 0 Å². The molecule has 0 saturated heterocycles. The van der Waals surface area contributed by atoms with E-state index in [2.05, 4.69) is 38.6 Å². The highest BCUT2D eigenvalue weighted by Crippen LogP contribution is 2.11. The second kappa shape index (κ2) is 7.10. The lowest BCUT2D eigenvalue weighted by Crippen LogP contribution is -2.16. The van der Waals surface area contributed by atoms with Crippen molar-refractivity contribution in [3.8, 4) is 0 Å². The predicted molar refractivity (Wildman–Crippen MR) is 76.0 cm³/mol. The summed E-state index contributed by atoms with van der Waals surface area (Å²) < 4.78 is 1.91. The van der Waals surface area contributed by atoms with Crippen molar-refractivity contribution in [3.63, 3.8) is 0 Å². The number of aryl methyl sites for hydroxylation is 1. The van der Waals surface area contributed by atoms with Crippen molar-refractivity contribution in [2.45, 2.75) is 25.0 Å². The fraction of sp³-hybridized carbons (Fsp3) is 0.417. The largest absolute Gasteiger partial charge is 0.312 e. The van der Waals surface area contributed by atoms with E-state index < -0.39 is 0 Å². The van der Waals surface area contributed by atoms with Crippen LogP contribution in [0.3, 0.4) is 0 Å². The highest BCUT2D eigenvalue weighted by Gasteiger charge is 2.03. The molecule has 0 bridgehead atoms. The van der Waals surface area contributed by atoms with Crippen LogP contribution in [0.25, 0.3) is 0 Å². The van der Waals surface area contributed by atoms with E-state index in [4.69, 9.17) is 0 Å². The molecule has 0 aromatic carbocycles. The molecule has 2 aromatic rings. The second-order valence-electron chi connectivity index (χ2n) is 4.08. The molecule has 0 unspecified atom stereocenters. The number of nitrogens with one attached hydrogen (secondary N) is 2. The fourth-order valence-electron chi connectivity index (χ4n) is 1.67. The van der Waals surface area contributed by atoms with E-state index in [0.29, 0.717) is 0 Å². The number of nitrogens with zero attached hydrogens (tertiary/aromatic N) is 4. The van der Waals surface area contributed by atoms with E-state index in [1.54, 1.807) is 18.0 Å². The van der Waals surface area contributed by atoms with Crippen molar-refractivity contribution < 1.29 is 0 Å². The Bertz CT molecular complexity index is 504. The van der Waals surface area contributed by atoms with Crippen LogP contribution < -0.4 is 5.32 Å². The van der Waals surface area contributed by atoms with Crippen molar-refractivity contribution in [1.29, 1.82) is 0 Å². The first-order chi connectivity index (χ1) is 9.29. The maximum atomic E-state index is 4.42. The molecule has 0 aliphatic rings. The average Bonchev–Trinajstić information content (AvgIpc) is 3.00. The van der Waals surface area contributed by atoms with Crippen LogP contribution in [0.5, 0.6) is 0 Å². The zero-order valence-corrected chi connectivity index (χ0v) is 11.8. The van der Waals surface area contributed by atoms with E-state index in [0.717, 1.165) is 36.1 Å². The molecule has 0 aliphatic carbocycles. The van der Waals surface area contributed by atoms with Crippen LogP contribution in [0.4, 0.5) is 0 Å². The Hall–Kier alpha value is -1.60. The van der Waals surface area contributed by atoms with Gasteiger partial charge in [-0.15, -0.1) is 23.4 Å². The van der Waals surface area contributed by atoms with Gasteiger partial charge in [-0.05, 0) is 6.92 Å².